The van der Waals surface area contributed by atoms with Gasteiger partial charge in [0.2, 0.25) is 0 Å². The molecule has 0 heteroatoms. The van der Waals surface area contributed by atoms with E-state index in [-0.39, 0.29) is 0 Å². The lowest BCUT2D eigenvalue weighted by Crippen LogP contribution is -1.93. The van der Waals surface area contributed by atoms with Crippen molar-refractivity contribution < 1.29 is 0 Å². The molecule has 0 bridgehead atoms. The van der Waals surface area contributed by atoms with Crippen LogP contribution < -0.4 is 0 Å². The fraction of sp³-hybridized carbons (Fsp3) is 1.00. The summed E-state index contributed by atoms with van der Waals surface area (Å²) in [5.41, 5.74) is 3.00. The van der Waals surface area contributed by atoms with Gasteiger partial charge in [0.1, 0.15) is 0 Å². The monoisotopic (exact) mass is 877 g/mol. The Morgan fingerprint density at radius 2 is 0.133 bits per heavy atom. The van der Waals surface area contributed by atoms with Crippen molar-refractivity contribution in [2.24, 2.45) is 32.5 Å². The average Bonchev–Trinajstić information content (AvgIpc) is 3.01. The van der Waals surface area contributed by atoms with Crippen LogP contribution in [0.25, 0.3) is 0 Å². The van der Waals surface area contributed by atoms with Crippen molar-refractivity contribution in [2.75, 3.05) is 0 Å². The molecular weight excluding hydrogens is 721 g/mol. The van der Waals surface area contributed by atoms with Crippen molar-refractivity contribution in [1.29, 1.82) is 0 Å². The number of hydrogen-bond donors (Lipinski definition) is 0. The molecule has 0 aromatic heterocycles. The van der Waals surface area contributed by atoms with Crippen molar-refractivity contribution >= 4 is 0 Å². The Balaban J connectivity index is -0.0000000197. The quantitative estimate of drug-likeness (QED) is 0.227. The summed E-state index contributed by atoms with van der Waals surface area (Å²) < 4.78 is 0. The first-order valence-electron chi connectivity index (χ1n) is 26.5. The third-order valence-electron chi connectivity index (χ3n) is 0. The average molecular weight is 878 g/mol. The van der Waals surface area contributed by atoms with Crippen LogP contribution in [0.3, 0.4) is 0 Å². The maximum Gasteiger partial charge on any atom is -0.0411 e. The molecule has 0 saturated carbocycles. The first kappa shape index (κ1) is 118. The van der Waals surface area contributed by atoms with Gasteiger partial charge in [-0.05, 0) is 32.5 Å². The number of hydrogen-bond acceptors (Lipinski definition) is 0. The molecule has 0 amide bonds. The molecule has 0 aliphatic heterocycles. The predicted molar refractivity (Wildman–Crippen MR) is 315 cm³/mol. The molecule has 0 aliphatic rings. The van der Waals surface area contributed by atoms with Crippen molar-refractivity contribution in [3.05, 3.63) is 0 Å². The van der Waals surface area contributed by atoms with E-state index in [0.717, 1.165) is 0 Å². The van der Waals surface area contributed by atoms with Gasteiger partial charge in [-0.2, -0.15) is 0 Å². The third kappa shape index (κ3) is 0. The summed E-state index contributed by atoms with van der Waals surface area (Å²) in [5.74, 6) is 0. The molecule has 0 heterocycles. The lowest BCUT2D eigenvalue weighted by atomic mass is 10.0. The maximum atomic E-state index is 2.19. The molecule has 0 saturated heterocycles. The van der Waals surface area contributed by atoms with Gasteiger partial charge in [0.25, 0.3) is 0 Å². The molecule has 0 aromatic carbocycles. The Labute approximate surface area is 401 Å². The van der Waals surface area contributed by atoms with E-state index in [9.17, 15) is 0 Å². The summed E-state index contributed by atoms with van der Waals surface area (Å²) in [7, 11) is 0. The second kappa shape index (κ2) is 113. The van der Waals surface area contributed by atoms with Gasteiger partial charge in [-0.3, -0.25) is 0 Å². The van der Waals surface area contributed by atoms with Gasteiger partial charge in [-0.15, -0.1) is 0 Å². The van der Waals surface area contributed by atoms with E-state index < -0.39 is 0 Å². The SMILES string of the molecule is CC.CC.CC.CC.CC.CC.CC(C)(C)C.CC(C)(C)C.CC(C)(C)C.CC(C)(C)C.CC(C)(C)C.CC(C)(C)C.CCC.CCC.CCC.CCC.CCC.CCC. The molecule has 0 aliphatic carbocycles. The van der Waals surface area contributed by atoms with Gasteiger partial charge < -0.3 is 0 Å². The van der Waals surface area contributed by atoms with E-state index in [4.69, 9.17) is 0 Å². The van der Waals surface area contributed by atoms with E-state index in [2.05, 4.69) is 249 Å². The molecule has 0 unspecified atom stereocenters. The van der Waals surface area contributed by atoms with Gasteiger partial charge in [0, 0.05) is 0 Å². The number of rotatable bonds is 0. The van der Waals surface area contributed by atoms with Crippen LogP contribution >= 0.6 is 0 Å². The summed E-state index contributed by atoms with van der Waals surface area (Å²) in [6, 6.07) is 0. The van der Waals surface area contributed by atoms with Crippen LogP contribution in [-0.4, -0.2) is 0 Å². The molecule has 0 aromatic rings. The fourth-order valence-electron chi connectivity index (χ4n) is 0. The smallest absolute Gasteiger partial charge is 0.0411 e. The van der Waals surface area contributed by atoms with E-state index >= 15 is 0 Å². The van der Waals surface area contributed by atoms with Gasteiger partial charge in [0.05, 0.1) is 0 Å². The second-order valence-electron chi connectivity index (χ2n) is 22.2. The first-order chi connectivity index (χ1) is 26.5. The highest BCUT2D eigenvalue weighted by Crippen LogP contribution is 2.10. The fourth-order valence-corrected chi connectivity index (χ4v) is 0. The van der Waals surface area contributed by atoms with Crippen LogP contribution in [-0.2, 0) is 0 Å². The summed E-state index contributed by atoms with van der Waals surface area (Å²) in [4.78, 5) is 0. The molecule has 0 atom stereocenters. The minimum absolute atomic E-state index is 0.500. The maximum absolute atomic E-state index is 2.19. The highest BCUT2D eigenvalue weighted by Gasteiger charge is 1.97. The van der Waals surface area contributed by atoms with Crippen LogP contribution in [0, 0.1) is 32.5 Å². The molecule has 0 rings (SSSR count). The van der Waals surface area contributed by atoms with Crippen molar-refractivity contribution in [3.8, 4) is 0 Å². The summed E-state index contributed by atoms with van der Waals surface area (Å²) in [5, 5.41) is 0. The highest BCUT2D eigenvalue weighted by molar-refractivity contribution is 4.49. The summed E-state index contributed by atoms with van der Waals surface area (Å²) in [6.07, 6.45) is 7.50. The molecule has 0 nitrogen and oxygen atoms in total. The van der Waals surface area contributed by atoms with Gasteiger partial charge in [-0.1, -0.05) is 371 Å². The standard InChI is InChI=1S/6C5H12.6C3H8.6C2H6/c6*1-5(2,3)4;6*1-3-2;6*1-2/h6*1-4H3;6*3H2,1-2H3;6*1-2H3. The van der Waals surface area contributed by atoms with Gasteiger partial charge >= 0.3 is 0 Å². The molecule has 0 N–H and O–H groups in total. The first-order valence-corrected chi connectivity index (χ1v) is 26.5. The van der Waals surface area contributed by atoms with Crippen LogP contribution in [0.2, 0.25) is 0 Å². The Morgan fingerprint density at radius 3 is 0.133 bits per heavy atom. The lowest BCUT2D eigenvalue weighted by molar-refractivity contribution is 0.469. The molecule has 396 valence electrons. The lowest BCUT2D eigenvalue weighted by Gasteiger charge is -2.05. The van der Waals surface area contributed by atoms with Gasteiger partial charge in [0.15, 0.2) is 0 Å². The zero-order valence-electron chi connectivity index (χ0n) is 55.2. The second-order valence-corrected chi connectivity index (χ2v) is 22.2. The Bertz CT molecular complexity index is 251. The van der Waals surface area contributed by atoms with Crippen molar-refractivity contribution in [1.82, 2.24) is 0 Å². The van der Waals surface area contributed by atoms with Crippen LogP contribution in [0.4, 0.5) is 0 Å². The Morgan fingerprint density at radius 1 is 0.133 bits per heavy atom. The van der Waals surface area contributed by atoms with E-state index in [1.165, 1.54) is 38.5 Å². The molecule has 0 radical (unpaired) electrons. The minimum atomic E-state index is 0.500. The van der Waals surface area contributed by atoms with E-state index in [1.54, 1.807) is 0 Å². The Kier molecular flexibility index (Phi) is 222. The zero-order valence-corrected chi connectivity index (χ0v) is 55.2. The minimum Gasteiger partial charge on any atom is -0.0683 e. The molecular formula is C60H156. The van der Waals surface area contributed by atoms with Crippen molar-refractivity contribution in [2.45, 2.75) is 371 Å². The molecule has 60 heavy (non-hydrogen) atoms. The summed E-state index contributed by atoms with van der Waals surface area (Å²) >= 11 is 0. The largest absolute Gasteiger partial charge is 0.0683 e. The predicted octanol–water partition coefficient (Wildman–Crippen LogP) is 27.0. The van der Waals surface area contributed by atoms with Crippen LogP contribution in [0.15, 0.2) is 0 Å². The normalized spacial score (nSPS) is 8.40. The van der Waals surface area contributed by atoms with Crippen LogP contribution in [0.5, 0.6) is 0 Å². The Hall–Kier alpha value is 0. The van der Waals surface area contributed by atoms with E-state index in [1.807, 2.05) is 83.1 Å². The molecule has 0 spiro atoms. The topological polar surface area (TPSA) is 0 Å². The van der Waals surface area contributed by atoms with E-state index in [0.29, 0.717) is 32.5 Å². The van der Waals surface area contributed by atoms with Gasteiger partial charge in [-0.25, -0.2) is 0 Å². The zero-order chi connectivity index (χ0) is 55.2. The van der Waals surface area contributed by atoms with Crippen molar-refractivity contribution in [3.63, 3.8) is 0 Å². The summed E-state index contributed by atoms with van der Waals surface area (Å²) in [6.45, 7) is 102. The van der Waals surface area contributed by atoms with Crippen LogP contribution in [0.1, 0.15) is 371 Å². The third-order valence-corrected chi connectivity index (χ3v) is 0. The highest BCUT2D eigenvalue weighted by atomic mass is 14.0. The molecule has 0 fully saturated rings.